The first kappa shape index (κ1) is 17.5. The van der Waals surface area contributed by atoms with Crippen LogP contribution < -0.4 is 14.2 Å². The Balaban J connectivity index is 1.66. The lowest BCUT2D eigenvalue weighted by atomic mass is 10.2. The van der Waals surface area contributed by atoms with Gasteiger partial charge in [-0.2, -0.15) is 0 Å². The molecule has 3 rings (SSSR count). The molecular formula is C16H23NO6S. The van der Waals surface area contributed by atoms with Crippen LogP contribution in [0.2, 0.25) is 0 Å². The molecule has 7 nitrogen and oxygen atoms in total. The van der Waals surface area contributed by atoms with E-state index in [1.54, 1.807) is 6.07 Å². The van der Waals surface area contributed by atoms with Crippen LogP contribution in [0.1, 0.15) is 25.7 Å². The lowest BCUT2D eigenvalue weighted by Crippen LogP contribution is -2.35. The largest absolute Gasteiger partial charge is 0.497 e. The van der Waals surface area contributed by atoms with Gasteiger partial charge in [0.1, 0.15) is 16.4 Å². The van der Waals surface area contributed by atoms with Crippen molar-refractivity contribution < 1.29 is 27.4 Å². The van der Waals surface area contributed by atoms with E-state index in [2.05, 4.69) is 4.72 Å². The van der Waals surface area contributed by atoms with E-state index in [1.807, 2.05) is 0 Å². The van der Waals surface area contributed by atoms with Gasteiger partial charge in [-0.25, -0.2) is 13.1 Å². The molecule has 1 spiro atoms. The highest BCUT2D eigenvalue weighted by Crippen LogP contribution is 2.39. The fourth-order valence-corrected chi connectivity index (χ4v) is 4.39. The lowest BCUT2D eigenvalue weighted by molar-refractivity contribution is -0.160. The molecule has 1 aromatic carbocycles. The number of benzene rings is 1. The molecule has 0 bridgehead atoms. The van der Waals surface area contributed by atoms with Crippen molar-refractivity contribution in [3.8, 4) is 11.5 Å². The Morgan fingerprint density at radius 3 is 2.67 bits per heavy atom. The molecule has 1 aliphatic heterocycles. The summed E-state index contributed by atoms with van der Waals surface area (Å²) in [4.78, 5) is 0.0697. The topological polar surface area (TPSA) is 83.1 Å². The number of hydrogen-bond donors (Lipinski definition) is 1. The molecule has 1 aromatic rings. The van der Waals surface area contributed by atoms with Crippen molar-refractivity contribution >= 4 is 10.0 Å². The molecule has 2 fully saturated rings. The van der Waals surface area contributed by atoms with Gasteiger partial charge in [0.2, 0.25) is 10.0 Å². The third kappa shape index (κ3) is 3.51. The van der Waals surface area contributed by atoms with Crippen molar-refractivity contribution in [2.45, 2.75) is 42.5 Å². The average Bonchev–Trinajstić information content (AvgIpc) is 3.22. The van der Waals surface area contributed by atoms with Crippen molar-refractivity contribution in [1.29, 1.82) is 0 Å². The zero-order chi connectivity index (χ0) is 17.2. The van der Waals surface area contributed by atoms with Gasteiger partial charge in [0.15, 0.2) is 5.79 Å². The van der Waals surface area contributed by atoms with E-state index < -0.39 is 15.8 Å². The predicted octanol–water partition coefficient (Wildman–Crippen LogP) is 1.67. The van der Waals surface area contributed by atoms with Crippen molar-refractivity contribution in [2.75, 3.05) is 27.4 Å². The molecule has 1 heterocycles. The molecular weight excluding hydrogens is 334 g/mol. The van der Waals surface area contributed by atoms with Gasteiger partial charge in [-0.15, -0.1) is 0 Å². The molecule has 1 N–H and O–H groups in total. The summed E-state index contributed by atoms with van der Waals surface area (Å²) < 4.78 is 49.6. The molecule has 1 saturated carbocycles. The van der Waals surface area contributed by atoms with Gasteiger partial charge >= 0.3 is 0 Å². The van der Waals surface area contributed by atoms with Crippen molar-refractivity contribution in [3.05, 3.63) is 18.2 Å². The Morgan fingerprint density at radius 1 is 1.25 bits per heavy atom. The summed E-state index contributed by atoms with van der Waals surface area (Å²) in [7, 11) is -0.783. The van der Waals surface area contributed by atoms with Gasteiger partial charge in [0.25, 0.3) is 0 Å². The second kappa shape index (κ2) is 6.87. The summed E-state index contributed by atoms with van der Waals surface area (Å²) in [6, 6.07) is 4.58. The van der Waals surface area contributed by atoms with Crippen LogP contribution >= 0.6 is 0 Å². The van der Waals surface area contributed by atoms with E-state index in [0.717, 1.165) is 25.7 Å². The van der Waals surface area contributed by atoms with E-state index in [1.165, 1.54) is 26.4 Å². The molecule has 1 aliphatic carbocycles. The maximum absolute atomic E-state index is 12.6. The number of ether oxygens (including phenoxy) is 4. The standard InChI is InChI=1S/C16H23NO6S/c1-20-12-5-6-15(14(9-12)21-2)24(18,19)17-10-13-11-22-16(23-13)7-3-4-8-16/h5-6,9,13,17H,3-4,7-8,10-11H2,1-2H3/t13-/m0/s1. The van der Waals surface area contributed by atoms with Crippen LogP contribution in [0.15, 0.2) is 23.1 Å². The monoisotopic (exact) mass is 357 g/mol. The molecule has 0 amide bonds. The Labute approximate surface area is 142 Å². The first-order chi connectivity index (χ1) is 11.5. The molecule has 24 heavy (non-hydrogen) atoms. The summed E-state index contributed by atoms with van der Waals surface area (Å²) in [5.41, 5.74) is 0. The van der Waals surface area contributed by atoms with Gasteiger partial charge in [-0.1, -0.05) is 0 Å². The fraction of sp³-hybridized carbons (Fsp3) is 0.625. The Bertz CT molecular complexity index is 684. The summed E-state index contributed by atoms with van der Waals surface area (Å²) >= 11 is 0. The van der Waals surface area contributed by atoms with E-state index in [-0.39, 0.29) is 23.3 Å². The second-order valence-corrected chi connectivity index (χ2v) is 7.77. The number of rotatable bonds is 6. The predicted molar refractivity (Wildman–Crippen MR) is 86.8 cm³/mol. The van der Waals surface area contributed by atoms with Gasteiger partial charge in [0.05, 0.1) is 26.9 Å². The quantitative estimate of drug-likeness (QED) is 0.834. The second-order valence-electron chi connectivity index (χ2n) is 6.04. The van der Waals surface area contributed by atoms with Crippen LogP contribution in [0.4, 0.5) is 0 Å². The number of methoxy groups -OCH3 is 2. The minimum atomic E-state index is -3.72. The molecule has 0 aromatic heterocycles. The van der Waals surface area contributed by atoms with Crippen LogP contribution in [0.3, 0.4) is 0 Å². The molecule has 0 unspecified atom stereocenters. The van der Waals surface area contributed by atoms with Crippen molar-refractivity contribution in [1.82, 2.24) is 4.72 Å². The first-order valence-corrected chi connectivity index (χ1v) is 9.50. The minimum Gasteiger partial charge on any atom is -0.497 e. The van der Waals surface area contributed by atoms with Crippen LogP contribution in [-0.2, 0) is 19.5 Å². The van der Waals surface area contributed by atoms with Crippen LogP contribution in [0.5, 0.6) is 11.5 Å². The third-order valence-electron chi connectivity index (χ3n) is 4.44. The van der Waals surface area contributed by atoms with E-state index in [0.29, 0.717) is 12.4 Å². The Morgan fingerprint density at radius 2 is 2.00 bits per heavy atom. The highest BCUT2D eigenvalue weighted by Gasteiger charge is 2.43. The van der Waals surface area contributed by atoms with Crippen LogP contribution in [0, 0.1) is 0 Å². The molecule has 1 saturated heterocycles. The lowest BCUT2D eigenvalue weighted by Gasteiger charge is -2.22. The summed E-state index contributed by atoms with van der Waals surface area (Å²) in [5.74, 6) is 0.271. The smallest absolute Gasteiger partial charge is 0.244 e. The summed E-state index contributed by atoms with van der Waals surface area (Å²) in [5, 5.41) is 0. The minimum absolute atomic E-state index is 0.0697. The van der Waals surface area contributed by atoms with Gasteiger partial charge in [-0.3, -0.25) is 0 Å². The van der Waals surface area contributed by atoms with E-state index in [4.69, 9.17) is 18.9 Å². The molecule has 8 heteroatoms. The average molecular weight is 357 g/mol. The maximum Gasteiger partial charge on any atom is 0.244 e. The number of nitrogens with one attached hydrogen (secondary N) is 1. The van der Waals surface area contributed by atoms with Crippen molar-refractivity contribution in [2.24, 2.45) is 0 Å². The maximum atomic E-state index is 12.6. The normalized spacial score (nSPS) is 22.8. The molecule has 0 radical (unpaired) electrons. The molecule has 2 aliphatic rings. The highest BCUT2D eigenvalue weighted by atomic mass is 32.2. The zero-order valence-corrected chi connectivity index (χ0v) is 14.7. The number of sulfonamides is 1. The van der Waals surface area contributed by atoms with Gasteiger partial charge in [-0.05, 0) is 25.0 Å². The zero-order valence-electron chi connectivity index (χ0n) is 13.9. The molecule has 1 atom stereocenters. The summed E-state index contributed by atoms with van der Waals surface area (Å²) in [6.45, 7) is 0.571. The van der Waals surface area contributed by atoms with Crippen molar-refractivity contribution in [3.63, 3.8) is 0 Å². The van der Waals surface area contributed by atoms with Gasteiger partial charge < -0.3 is 18.9 Å². The van der Waals surface area contributed by atoms with Crippen LogP contribution in [0.25, 0.3) is 0 Å². The van der Waals surface area contributed by atoms with E-state index in [9.17, 15) is 8.42 Å². The highest BCUT2D eigenvalue weighted by molar-refractivity contribution is 7.89. The SMILES string of the molecule is COc1ccc(S(=O)(=O)NC[C@H]2COC3(CCCC3)O2)c(OC)c1. The fourth-order valence-electron chi connectivity index (χ4n) is 3.17. The molecule has 134 valence electrons. The number of hydrogen-bond acceptors (Lipinski definition) is 6. The third-order valence-corrected chi connectivity index (χ3v) is 5.90. The van der Waals surface area contributed by atoms with E-state index >= 15 is 0 Å². The van der Waals surface area contributed by atoms with Crippen LogP contribution in [-0.4, -0.2) is 47.7 Å². The Kier molecular flexibility index (Phi) is 5.00. The Hall–Kier alpha value is -1.35. The summed E-state index contributed by atoms with van der Waals surface area (Å²) in [6.07, 6.45) is 3.65. The van der Waals surface area contributed by atoms with Gasteiger partial charge in [0, 0.05) is 25.5 Å². The first-order valence-electron chi connectivity index (χ1n) is 8.01.